The number of ether oxygens (including phenoxy) is 3. The predicted molar refractivity (Wildman–Crippen MR) is 74.7 cm³/mol. The normalized spacial score (nSPS) is 9.95. The average Bonchev–Trinajstić information content (AvgIpc) is 2.42. The zero-order chi connectivity index (χ0) is 14.4. The van der Waals surface area contributed by atoms with Gasteiger partial charge in [0.1, 0.15) is 5.78 Å². The van der Waals surface area contributed by atoms with Gasteiger partial charge in [0, 0.05) is 37.8 Å². The van der Waals surface area contributed by atoms with Gasteiger partial charge in [0.25, 0.3) is 0 Å². The number of benzene rings is 1. The molecule has 5 heteroatoms. The van der Waals surface area contributed by atoms with Crippen LogP contribution in [0.15, 0.2) is 12.1 Å². The molecule has 1 aromatic carbocycles. The first kappa shape index (κ1) is 15.1. The van der Waals surface area contributed by atoms with Crippen LogP contribution >= 0.6 is 0 Å². The second-order valence-electron chi connectivity index (χ2n) is 4.26. The summed E-state index contributed by atoms with van der Waals surface area (Å²) in [6.07, 6.45) is 0.507. The number of hydrogen-bond donors (Lipinski definition) is 0. The van der Waals surface area contributed by atoms with Crippen molar-refractivity contribution in [3.63, 3.8) is 0 Å². The second-order valence-corrected chi connectivity index (χ2v) is 4.26. The lowest BCUT2D eigenvalue weighted by Gasteiger charge is -2.21. The number of methoxy groups -OCH3 is 3. The lowest BCUT2D eigenvalue weighted by molar-refractivity contribution is -0.116. The number of nitrogens with zero attached hydrogens (tertiary/aromatic N) is 1. The third kappa shape index (κ3) is 3.77. The molecule has 5 nitrogen and oxygen atoms in total. The SMILES string of the molecule is COc1cc(N(C)CCC(C)=O)cc(OC)c1OC. The average molecular weight is 267 g/mol. The number of carbonyl (C=O) groups excluding carboxylic acids is 1. The monoisotopic (exact) mass is 267 g/mol. The summed E-state index contributed by atoms with van der Waals surface area (Å²) in [5.74, 6) is 1.94. The molecule has 0 aliphatic heterocycles. The Balaban J connectivity index is 3.04. The molecule has 0 saturated heterocycles. The maximum Gasteiger partial charge on any atom is 0.203 e. The number of anilines is 1. The molecule has 106 valence electrons. The zero-order valence-corrected chi connectivity index (χ0v) is 12.1. The molecule has 0 aliphatic rings. The van der Waals surface area contributed by atoms with Crippen molar-refractivity contribution < 1.29 is 19.0 Å². The van der Waals surface area contributed by atoms with E-state index in [1.165, 1.54) is 0 Å². The van der Waals surface area contributed by atoms with Crippen molar-refractivity contribution in [2.45, 2.75) is 13.3 Å². The highest BCUT2D eigenvalue weighted by atomic mass is 16.5. The lowest BCUT2D eigenvalue weighted by atomic mass is 10.2. The Hall–Kier alpha value is -1.91. The lowest BCUT2D eigenvalue weighted by Crippen LogP contribution is -2.20. The van der Waals surface area contributed by atoms with Crippen molar-refractivity contribution in [3.8, 4) is 17.2 Å². The standard InChI is InChI=1S/C14H21NO4/c1-10(16)6-7-15(2)11-8-12(17-3)14(19-5)13(9-11)18-4/h8-9H,6-7H2,1-5H3. The number of ketones is 1. The molecule has 0 saturated carbocycles. The zero-order valence-electron chi connectivity index (χ0n) is 12.1. The van der Waals surface area contributed by atoms with Gasteiger partial charge in [0.2, 0.25) is 5.75 Å². The van der Waals surface area contributed by atoms with E-state index in [9.17, 15) is 4.79 Å². The fourth-order valence-corrected chi connectivity index (χ4v) is 1.74. The van der Waals surface area contributed by atoms with E-state index in [0.29, 0.717) is 30.2 Å². The van der Waals surface area contributed by atoms with Gasteiger partial charge in [0.05, 0.1) is 21.3 Å². The minimum absolute atomic E-state index is 0.166. The summed E-state index contributed by atoms with van der Waals surface area (Å²) in [5.41, 5.74) is 0.913. The van der Waals surface area contributed by atoms with E-state index in [4.69, 9.17) is 14.2 Å². The maximum atomic E-state index is 11.0. The Morgan fingerprint density at radius 1 is 1.11 bits per heavy atom. The first-order chi connectivity index (χ1) is 9.03. The van der Waals surface area contributed by atoms with Gasteiger partial charge in [-0.1, -0.05) is 0 Å². The van der Waals surface area contributed by atoms with Gasteiger partial charge in [-0.2, -0.15) is 0 Å². The summed E-state index contributed by atoms with van der Waals surface area (Å²) in [7, 11) is 6.65. The molecule has 1 aromatic rings. The van der Waals surface area contributed by atoms with Crippen LogP contribution in [0.5, 0.6) is 17.2 Å². The maximum absolute atomic E-state index is 11.0. The molecule has 0 aliphatic carbocycles. The molecular weight excluding hydrogens is 246 g/mol. The quantitative estimate of drug-likeness (QED) is 0.757. The Kier molecular flexibility index (Phi) is 5.48. The molecule has 0 unspecified atom stereocenters. The summed E-state index contributed by atoms with van der Waals surface area (Å²) in [6, 6.07) is 3.73. The van der Waals surface area contributed by atoms with E-state index in [0.717, 1.165) is 5.69 Å². The molecule has 19 heavy (non-hydrogen) atoms. The molecule has 0 radical (unpaired) electrons. The largest absolute Gasteiger partial charge is 0.493 e. The van der Waals surface area contributed by atoms with Crippen LogP contribution in [-0.2, 0) is 4.79 Å². The fraction of sp³-hybridized carbons (Fsp3) is 0.500. The fourth-order valence-electron chi connectivity index (χ4n) is 1.74. The van der Waals surface area contributed by atoms with Crippen LogP contribution < -0.4 is 19.1 Å². The highest BCUT2D eigenvalue weighted by Crippen LogP contribution is 2.40. The predicted octanol–water partition coefficient (Wildman–Crippen LogP) is 2.13. The number of Topliss-reactive ketones (excluding diaryl/α,β-unsaturated/α-hetero) is 1. The third-order valence-corrected chi connectivity index (χ3v) is 2.89. The summed E-state index contributed by atoms with van der Waals surface area (Å²) < 4.78 is 15.9. The molecule has 0 spiro atoms. The molecule has 0 bridgehead atoms. The van der Waals surface area contributed by atoms with Crippen molar-refractivity contribution in [2.24, 2.45) is 0 Å². The molecule has 0 fully saturated rings. The van der Waals surface area contributed by atoms with Gasteiger partial charge in [0.15, 0.2) is 11.5 Å². The van der Waals surface area contributed by atoms with Crippen LogP contribution in [0, 0.1) is 0 Å². The molecule has 0 N–H and O–H groups in total. The van der Waals surface area contributed by atoms with Gasteiger partial charge in [-0.05, 0) is 6.92 Å². The Morgan fingerprint density at radius 2 is 1.63 bits per heavy atom. The van der Waals surface area contributed by atoms with Gasteiger partial charge < -0.3 is 19.1 Å². The Bertz CT molecular complexity index is 420. The van der Waals surface area contributed by atoms with E-state index in [1.54, 1.807) is 28.3 Å². The molecular formula is C14H21NO4. The number of rotatable bonds is 7. The minimum atomic E-state index is 0.166. The van der Waals surface area contributed by atoms with Crippen LogP contribution in [0.3, 0.4) is 0 Å². The summed E-state index contributed by atoms with van der Waals surface area (Å²) in [6.45, 7) is 2.23. The topological polar surface area (TPSA) is 48.0 Å². The van der Waals surface area contributed by atoms with Crippen molar-refractivity contribution in [1.82, 2.24) is 0 Å². The summed E-state index contributed by atoms with van der Waals surface area (Å²) >= 11 is 0. The van der Waals surface area contributed by atoms with Crippen molar-refractivity contribution in [1.29, 1.82) is 0 Å². The van der Waals surface area contributed by atoms with Gasteiger partial charge in [-0.3, -0.25) is 4.79 Å². The third-order valence-electron chi connectivity index (χ3n) is 2.89. The van der Waals surface area contributed by atoms with Crippen LogP contribution in [-0.4, -0.2) is 40.7 Å². The summed E-state index contributed by atoms with van der Waals surface area (Å²) in [4.78, 5) is 13.0. The second kappa shape index (κ2) is 6.87. The van der Waals surface area contributed by atoms with Crippen LogP contribution in [0.4, 0.5) is 5.69 Å². The van der Waals surface area contributed by atoms with E-state index in [2.05, 4.69) is 0 Å². The molecule has 1 rings (SSSR count). The first-order valence-electron chi connectivity index (χ1n) is 6.04. The van der Waals surface area contributed by atoms with Crippen LogP contribution in [0.1, 0.15) is 13.3 Å². The highest BCUT2D eigenvalue weighted by molar-refractivity contribution is 5.76. The molecule has 0 heterocycles. The molecule has 0 atom stereocenters. The van der Waals surface area contributed by atoms with Gasteiger partial charge in [-0.25, -0.2) is 0 Å². The van der Waals surface area contributed by atoms with Crippen molar-refractivity contribution in [2.75, 3.05) is 39.8 Å². The first-order valence-corrected chi connectivity index (χ1v) is 6.04. The van der Waals surface area contributed by atoms with Crippen molar-refractivity contribution in [3.05, 3.63) is 12.1 Å². The van der Waals surface area contributed by atoms with Crippen molar-refractivity contribution >= 4 is 11.5 Å². The van der Waals surface area contributed by atoms with Gasteiger partial charge in [-0.15, -0.1) is 0 Å². The number of hydrogen-bond acceptors (Lipinski definition) is 5. The van der Waals surface area contributed by atoms with E-state index in [1.807, 2.05) is 24.1 Å². The molecule has 0 amide bonds. The van der Waals surface area contributed by atoms with E-state index < -0.39 is 0 Å². The van der Waals surface area contributed by atoms with E-state index in [-0.39, 0.29) is 5.78 Å². The summed E-state index contributed by atoms with van der Waals surface area (Å²) in [5, 5.41) is 0. The molecule has 0 aromatic heterocycles. The van der Waals surface area contributed by atoms with E-state index >= 15 is 0 Å². The van der Waals surface area contributed by atoms with Crippen LogP contribution in [0.25, 0.3) is 0 Å². The van der Waals surface area contributed by atoms with Gasteiger partial charge >= 0.3 is 0 Å². The minimum Gasteiger partial charge on any atom is -0.493 e. The number of carbonyl (C=O) groups is 1. The Labute approximate surface area is 114 Å². The Morgan fingerprint density at radius 3 is 2.00 bits per heavy atom. The smallest absolute Gasteiger partial charge is 0.203 e. The highest BCUT2D eigenvalue weighted by Gasteiger charge is 2.15. The van der Waals surface area contributed by atoms with Crippen LogP contribution in [0.2, 0.25) is 0 Å².